The second-order valence-electron chi connectivity index (χ2n) is 10.9. The lowest BCUT2D eigenvalue weighted by Gasteiger charge is -2.35. The van der Waals surface area contributed by atoms with Crippen molar-refractivity contribution in [2.45, 2.75) is 96.5 Å². The van der Waals surface area contributed by atoms with Crippen LogP contribution in [0.5, 0.6) is 5.75 Å². The summed E-state index contributed by atoms with van der Waals surface area (Å²) < 4.78 is 0. The van der Waals surface area contributed by atoms with Crippen LogP contribution >= 0.6 is 0 Å². The van der Waals surface area contributed by atoms with Crippen LogP contribution in [0.1, 0.15) is 99.5 Å². The zero-order valence-corrected chi connectivity index (χ0v) is 21.0. The molecule has 0 aliphatic heterocycles. The van der Waals surface area contributed by atoms with E-state index in [0.29, 0.717) is 11.7 Å². The van der Waals surface area contributed by atoms with Crippen molar-refractivity contribution in [3.05, 3.63) is 70.3 Å². The molecule has 2 heteroatoms. The molecule has 2 saturated carbocycles. The largest absolute Gasteiger partial charge is 0.508 e. The maximum Gasteiger partial charge on any atom is 0.118 e. The van der Waals surface area contributed by atoms with Crippen molar-refractivity contribution in [1.29, 1.82) is 0 Å². The normalized spacial score (nSPS) is 23.8. The molecule has 4 rings (SSSR count). The van der Waals surface area contributed by atoms with E-state index in [4.69, 9.17) is 0 Å². The molecule has 0 aromatic heterocycles. The first kappa shape index (κ1) is 24.1. The maximum atomic E-state index is 11.3. The van der Waals surface area contributed by atoms with Crippen molar-refractivity contribution in [2.75, 3.05) is 0 Å². The Morgan fingerprint density at radius 1 is 0.939 bits per heavy atom. The fourth-order valence-corrected chi connectivity index (χ4v) is 6.17. The number of aliphatic hydroxyl groups is 1. The summed E-state index contributed by atoms with van der Waals surface area (Å²) in [4.78, 5) is 0. The van der Waals surface area contributed by atoms with Crippen LogP contribution in [-0.2, 0) is 5.41 Å². The molecule has 0 amide bonds. The summed E-state index contributed by atoms with van der Waals surface area (Å²) >= 11 is 0. The van der Waals surface area contributed by atoms with E-state index in [1.807, 2.05) is 13.0 Å². The lowest BCUT2D eigenvalue weighted by molar-refractivity contribution is 0.0257. The molecule has 178 valence electrons. The number of aromatic hydroxyl groups is 1. The van der Waals surface area contributed by atoms with E-state index in [9.17, 15) is 10.2 Å². The van der Waals surface area contributed by atoms with Gasteiger partial charge in [0.1, 0.15) is 5.75 Å². The number of aryl methyl sites for hydroxylation is 2. The summed E-state index contributed by atoms with van der Waals surface area (Å²) in [5.74, 6) is 1.98. The lowest BCUT2D eigenvalue weighted by Crippen LogP contribution is -2.33. The van der Waals surface area contributed by atoms with Crippen LogP contribution in [0.15, 0.2) is 42.5 Å². The second kappa shape index (κ2) is 9.66. The summed E-state index contributed by atoms with van der Waals surface area (Å²) in [5.41, 5.74) is 5.25. The zero-order valence-electron chi connectivity index (χ0n) is 21.0. The molecule has 2 nitrogen and oxygen atoms in total. The Labute approximate surface area is 200 Å². The van der Waals surface area contributed by atoms with Gasteiger partial charge >= 0.3 is 0 Å². The van der Waals surface area contributed by atoms with Crippen molar-refractivity contribution in [1.82, 2.24) is 0 Å². The summed E-state index contributed by atoms with van der Waals surface area (Å²) in [6.07, 6.45) is 14.6. The number of benzene rings is 2. The lowest BCUT2D eigenvalue weighted by atomic mass is 9.70. The Bertz CT molecular complexity index is 996. The molecule has 2 N–H and O–H groups in total. The van der Waals surface area contributed by atoms with Gasteiger partial charge in [-0.25, -0.2) is 0 Å². The van der Waals surface area contributed by atoms with Crippen molar-refractivity contribution < 1.29 is 10.2 Å². The number of hydrogen-bond acceptors (Lipinski definition) is 2. The highest BCUT2D eigenvalue weighted by molar-refractivity contribution is 5.57. The first-order valence-corrected chi connectivity index (χ1v) is 13.1. The predicted molar refractivity (Wildman–Crippen MR) is 139 cm³/mol. The first-order valence-electron chi connectivity index (χ1n) is 13.1. The molecule has 2 aliphatic rings. The molecule has 2 fully saturated rings. The van der Waals surface area contributed by atoms with Gasteiger partial charge in [-0.2, -0.15) is 0 Å². The molecule has 0 saturated heterocycles. The quantitative estimate of drug-likeness (QED) is 0.433. The van der Waals surface area contributed by atoms with Crippen LogP contribution in [0.2, 0.25) is 0 Å². The third-order valence-corrected chi connectivity index (χ3v) is 8.58. The van der Waals surface area contributed by atoms with Crippen LogP contribution in [0.4, 0.5) is 0 Å². The molecule has 0 spiro atoms. The van der Waals surface area contributed by atoms with Crippen LogP contribution in [-0.4, -0.2) is 15.8 Å². The van der Waals surface area contributed by atoms with E-state index in [0.717, 1.165) is 43.6 Å². The molecule has 0 bridgehead atoms. The molecule has 0 radical (unpaired) electrons. The van der Waals surface area contributed by atoms with Gasteiger partial charge in [0.05, 0.1) is 5.60 Å². The molecular weight excluding hydrogens is 404 g/mol. The standard InChI is InChI=1S/C31H42O2/c1-5-31(6-2,28-13-14-29(32)23(4)19-28)27-12-11-26(22(3)18-27)15-17-30(33)16-7-8-25(21-30)20-24-9-10-24/h11-15,17-19,24-25,32-33H,5-10,16,20-21H2,1-4H3/b17-15+. The smallest absolute Gasteiger partial charge is 0.118 e. The summed E-state index contributed by atoms with van der Waals surface area (Å²) in [6.45, 7) is 8.67. The minimum absolute atomic E-state index is 0.0664. The fourth-order valence-electron chi connectivity index (χ4n) is 6.17. The summed E-state index contributed by atoms with van der Waals surface area (Å²) in [7, 11) is 0. The molecular formula is C31H42O2. The van der Waals surface area contributed by atoms with Gasteiger partial charge in [-0.05, 0) is 98.1 Å². The minimum Gasteiger partial charge on any atom is -0.508 e. The van der Waals surface area contributed by atoms with Crippen LogP contribution in [0, 0.1) is 25.7 Å². The molecule has 2 unspecified atom stereocenters. The number of phenols is 1. The van der Waals surface area contributed by atoms with E-state index in [1.54, 1.807) is 0 Å². The van der Waals surface area contributed by atoms with Gasteiger partial charge in [0.15, 0.2) is 0 Å². The van der Waals surface area contributed by atoms with Gasteiger partial charge in [-0.1, -0.05) is 75.6 Å². The van der Waals surface area contributed by atoms with E-state index in [1.165, 1.54) is 47.9 Å². The SMILES string of the molecule is CCC(CC)(c1ccc(O)c(C)c1)c1ccc(/C=C/C2(O)CCCC(CC3CC3)C2)c(C)c1. The molecule has 0 heterocycles. The van der Waals surface area contributed by atoms with Gasteiger partial charge in [-0.15, -0.1) is 0 Å². The topological polar surface area (TPSA) is 40.5 Å². The monoisotopic (exact) mass is 446 g/mol. The number of phenolic OH excluding ortho intramolecular Hbond substituents is 1. The molecule has 33 heavy (non-hydrogen) atoms. The Morgan fingerprint density at radius 3 is 2.21 bits per heavy atom. The minimum atomic E-state index is -0.650. The van der Waals surface area contributed by atoms with E-state index >= 15 is 0 Å². The summed E-state index contributed by atoms with van der Waals surface area (Å²) in [5, 5.41) is 21.3. The van der Waals surface area contributed by atoms with Crippen LogP contribution in [0.25, 0.3) is 6.08 Å². The highest BCUT2D eigenvalue weighted by atomic mass is 16.3. The molecule has 2 aromatic rings. The third kappa shape index (κ3) is 5.22. The van der Waals surface area contributed by atoms with Gasteiger partial charge in [0.25, 0.3) is 0 Å². The average Bonchev–Trinajstić information content (AvgIpc) is 3.61. The van der Waals surface area contributed by atoms with E-state index < -0.39 is 5.60 Å². The Balaban J connectivity index is 1.56. The zero-order chi connectivity index (χ0) is 23.6. The predicted octanol–water partition coefficient (Wildman–Crippen LogP) is 7.85. The van der Waals surface area contributed by atoms with Crippen LogP contribution < -0.4 is 0 Å². The number of rotatable bonds is 8. The van der Waals surface area contributed by atoms with Gasteiger partial charge in [0, 0.05) is 5.41 Å². The Kier molecular flexibility index (Phi) is 7.05. The maximum absolute atomic E-state index is 11.3. The Morgan fingerprint density at radius 2 is 1.61 bits per heavy atom. The van der Waals surface area contributed by atoms with Crippen molar-refractivity contribution in [2.24, 2.45) is 11.8 Å². The van der Waals surface area contributed by atoms with Gasteiger partial charge in [0.2, 0.25) is 0 Å². The van der Waals surface area contributed by atoms with Crippen molar-refractivity contribution >= 4 is 6.08 Å². The number of hydrogen-bond donors (Lipinski definition) is 2. The highest BCUT2D eigenvalue weighted by Crippen LogP contribution is 2.43. The fraction of sp³-hybridized carbons (Fsp3) is 0.548. The van der Waals surface area contributed by atoms with Crippen LogP contribution in [0.3, 0.4) is 0 Å². The molecule has 2 aliphatic carbocycles. The van der Waals surface area contributed by atoms with Gasteiger partial charge < -0.3 is 10.2 Å². The summed E-state index contributed by atoms with van der Waals surface area (Å²) in [6, 6.07) is 12.9. The second-order valence-corrected chi connectivity index (χ2v) is 10.9. The average molecular weight is 447 g/mol. The molecule has 2 atom stereocenters. The first-order chi connectivity index (χ1) is 15.8. The van der Waals surface area contributed by atoms with Crippen molar-refractivity contribution in [3.8, 4) is 5.75 Å². The van der Waals surface area contributed by atoms with E-state index in [-0.39, 0.29) is 5.41 Å². The van der Waals surface area contributed by atoms with Crippen molar-refractivity contribution in [3.63, 3.8) is 0 Å². The van der Waals surface area contributed by atoms with Gasteiger partial charge in [-0.3, -0.25) is 0 Å². The Hall–Kier alpha value is -2.06. The van der Waals surface area contributed by atoms with E-state index in [2.05, 4.69) is 63.3 Å². The third-order valence-electron chi connectivity index (χ3n) is 8.58. The highest BCUT2D eigenvalue weighted by Gasteiger charge is 2.35. The molecule has 2 aromatic carbocycles.